The number of nitrogens with one attached hydrogen (secondary N) is 1. The van der Waals surface area contributed by atoms with E-state index in [0.717, 1.165) is 12.8 Å². The van der Waals surface area contributed by atoms with Gasteiger partial charge in [-0.2, -0.15) is 0 Å². The number of hydrogen-bond donors (Lipinski definition) is 2. The Labute approximate surface area is 117 Å². The van der Waals surface area contributed by atoms with Gasteiger partial charge in [0.15, 0.2) is 0 Å². The third kappa shape index (κ3) is 3.15. The van der Waals surface area contributed by atoms with E-state index >= 15 is 0 Å². The highest BCUT2D eigenvalue weighted by Gasteiger charge is 2.32. The van der Waals surface area contributed by atoms with Crippen molar-refractivity contribution >= 4 is 11.9 Å². The van der Waals surface area contributed by atoms with Crippen LogP contribution in [-0.2, 0) is 4.79 Å². The SMILES string of the molecule is Cc1ccc(F)cc1C(=O)NCC1CCCC1C(=O)O. The van der Waals surface area contributed by atoms with Crippen molar-refractivity contribution in [3.05, 3.63) is 35.1 Å². The van der Waals surface area contributed by atoms with Gasteiger partial charge in [0.25, 0.3) is 5.91 Å². The van der Waals surface area contributed by atoms with Gasteiger partial charge >= 0.3 is 5.97 Å². The van der Waals surface area contributed by atoms with Gasteiger partial charge in [0.2, 0.25) is 0 Å². The van der Waals surface area contributed by atoms with Crippen molar-refractivity contribution < 1.29 is 19.1 Å². The standard InChI is InChI=1S/C15H18FNO3/c1-9-5-6-11(16)7-13(9)14(18)17-8-10-3-2-4-12(10)15(19)20/h5-7,10,12H,2-4,8H2,1H3,(H,17,18)(H,19,20). The second kappa shape index (κ2) is 6.03. The Balaban J connectivity index is 1.98. The first-order valence-corrected chi connectivity index (χ1v) is 6.76. The number of benzene rings is 1. The van der Waals surface area contributed by atoms with Gasteiger partial charge in [-0.05, 0) is 43.4 Å². The predicted molar refractivity (Wildman–Crippen MR) is 71.9 cm³/mol. The molecule has 1 aromatic carbocycles. The number of carboxylic acid groups (broad SMARTS) is 1. The van der Waals surface area contributed by atoms with Crippen molar-refractivity contribution in [1.29, 1.82) is 0 Å². The lowest BCUT2D eigenvalue weighted by atomic mass is 9.96. The van der Waals surface area contributed by atoms with E-state index in [4.69, 9.17) is 5.11 Å². The van der Waals surface area contributed by atoms with Gasteiger partial charge in [-0.25, -0.2) is 4.39 Å². The van der Waals surface area contributed by atoms with Crippen molar-refractivity contribution in [1.82, 2.24) is 5.32 Å². The fourth-order valence-corrected chi connectivity index (χ4v) is 2.76. The van der Waals surface area contributed by atoms with Crippen LogP contribution in [-0.4, -0.2) is 23.5 Å². The Morgan fingerprint density at radius 3 is 2.85 bits per heavy atom. The van der Waals surface area contributed by atoms with E-state index < -0.39 is 11.8 Å². The number of aliphatic carboxylic acids is 1. The minimum absolute atomic E-state index is 0.0367. The van der Waals surface area contributed by atoms with Crippen LogP contribution in [0.3, 0.4) is 0 Å². The fourth-order valence-electron chi connectivity index (χ4n) is 2.76. The molecule has 1 aromatic rings. The molecule has 2 rings (SSSR count). The summed E-state index contributed by atoms with van der Waals surface area (Å²) in [6, 6.07) is 4.07. The van der Waals surface area contributed by atoms with Crippen LogP contribution >= 0.6 is 0 Å². The van der Waals surface area contributed by atoms with Gasteiger partial charge in [0, 0.05) is 12.1 Å². The molecule has 1 saturated carbocycles. The maximum Gasteiger partial charge on any atom is 0.306 e. The third-order valence-corrected chi connectivity index (χ3v) is 3.95. The average Bonchev–Trinajstić information content (AvgIpc) is 2.87. The van der Waals surface area contributed by atoms with E-state index in [0.29, 0.717) is 24.1 Å². The second-order valence-electron chi connectivity index (χ2n) is 5.30. The molecule has 20 heavy (non-hydrogen) atoms. The molecule has 108 valence electrons. The first-order chi connectivity index (χ1) is 9.49. The number of halogens is 1. The molecular formula is C15H18FNO3. The fraction of sp³-hybridized carbons (Fsp3) is 0.467. The number of carbonyl (C=O) groups excluding carboxylic acids is 1. The van der Waals surface area contributed by atoms with Crippen molar-refractivity contribution in [2.24, 2.45) is 11.8 Å². The number of rotatable bonds is 4. The van der Waals surface area contributed by atoms with Gasteiger partial charge in [-0.1, -0.05) is 12.5 Å². The van der Waals surface area contributed by atoms with Crippen molar-refractivity contribution in [2.45, 2.75) is 26.2 Å². The molecule has 5 heteroatoms. The summed E-state index contributed by atoms with van der Waals surface area (Å²) in [6.07, 6.45) is 2.34. The van der Waals surface area contributed by atoms with Crippen LogP contribution in [0, 0.1) is 24.6 Å². The van der Waals surface area contributed by atoms with Gasteiger partial charge in [-0.3, -0.25) is 9.59 Å². The first kappa shape index (κ1) is 14.5. The zero-order valence-corrected chi connectivity index (χ0v) is 11.4. The Hall–Kier alpha value is -1.91. The Bertz CT molecular complexity index is 530. The van der Waals surface area contributed by atoms with Crippen LogP contribution in [0.25, 0.3) is 0 Å². The minimum Gasteiger partial charge on any atom is -0.481 e. The van der Waals surface area contributed by atoms with Crippen molar-refractivity contribution in [2.75, 3.05) is 6.54 Å². The van der Waals surface area contributed by atoms with Gasteiger partial charge < -0.3 is 10.4 Å². The number of amides is 1. The van der Waals surface area contributed by atoms with Gasteiger partial charge in [0.1, 0.15) is 5.82 Å². The average molecular weight is 279 g/mol. The molecule has 2 N–H and O–H groups in total. The highest BCUT2D eigenvalue weighted by atomic mass is 19.1. The zero-order valence-electron chi connectivity index (χ0n) is 11.4. The molecule has 0 heterocycles. The van der Waals surface area contributed by atoms with Crippen LogP contribution in [0.5, 0.6) is 0 Å². The molecule has 0 radical (unpaired) electrons. The lowest BCUT2D eigenvalue weighted by Crippen LogP contribution is -2.33. The Kier molecular flexibility index (Phi) is 4.37. The first-order valence-electron chi connectivity index (χ1n) is 6.76. The Morgan fingerprint density at radius 2 is 2.15 bits per heavy atom. The molecule has 1 amide bonds. The summed E-state index contributed by atoms with van der Waals surface area (Å²) in [4.78, 5) is 23.1. The summed E-state index contributed by atoms with van der Waals surface area (Å²) < 4.78 is 13.2. The van der Waals surface area contributed by atoms with Crippen LogP contribution in [0.15, 0.2) is 18.2 Å². The lowest BCUT2D eigenvalue weighted by molar-refractivity contribution is -0.142. The largest absolute Gasteiger partial charge is 0.481 e. The molecular weight excluding hydrogens is 261 g/mol. The molecule has 0 spiro atoms. The van der Waals surface area contributed by atoms with Crippen molar-refractivity contribution in [3.8, 4) is 0 Å². The molecule has 1 aliphatic carbocycles. The zero-order chi connectivity index (χ0) is 14.7. The molecule has 2 atom stereocenters. The molecule has 1 aliphatic rings. The van der Waals surface area contributed by atoms with Crippen LogP contribution in [0.1, 0.15) is 35.2 Å². The van der Waals surface area contributed by atoms with E-state index in [1.165, 1.54) is 12.1 Å². The summed E-state index contributed by atoms with van der Waals surface area (Å²) in [5, 5.41) is 11.8. The third-order valence-electron chi connectivity index (χ3n) is 3.95. The topological polar surface area (TPSA) is 66.4 Å². The summed E-state index contributed by atoms with van der Waals surface area (Å²) in [7, 11) is 0. The number of hydrogen-bond acceptors (Lipinski definition) is 2. The maximum absolute atomic E-state index is 13.2. The number of carbonyl (C=O) groups is 2. The summed E-state index contributed by atoms with van der Waals surface area (Å²) >= 11 is 0. The minimum atomic E-state index is -0.802. The highest BCUT2D eigenvalue weighted by molar-refractivity contribution is 5.95. The monoisotopic (exact) mass is 279 g/mol. The van der Waals surface area contributed by atoms with E-state index in [9.17, 15) is 14.0 Å². The van der Waals surface area contributed by atoms with Crippen molar-refractivity contribution in [3.63, 3.8) is 0 Å². The van der Waals surface area contributed by atoms with E-state index in [2.05, 4.69) is 5.32 Å². The molecule has 0 aliphatic heterocycles. The normalized spacial score (nSPS) is 21.7. The van der Waals surface area contributed by atoms with Crippen LogP contribution in [0.2, 0.25) is 0 Å². The summed E-state index contributed by atoms with van der Waals surface area (Å²) in [5.74, 6) is -2.03. The number of aryl methyl sites for hydroxylation is 1. The molecule has 1 fully saturated rings. The van der Waals surface area contributed by atoms with Crippen LogP contribution < -0.4 is 5.32 Å². The quantitative estimate of drug-likeness (QED) is 0.889. The van der Waals surface area contributed by atoms with Crippen LogP contribution in [0.4, 0.5) is 4.39 Å². The maximum atomic E-state index is 13.2. The van der Waals surface area contributed by atoms with Gasteiger partial charge in [-0.15, -0.1) is 0 Å². The highest BCUT2D eigenvalue weighted by Crippen LogP contribution is 2.31. The van der Waals surface area contributed by atoms with E-state index in [-0.39, 0.29) is 17.7 Å². The smallest absolute Gasteiger partial charge is 0.306 e. The summed E-state index contributed by atoms with van der Waals surface area (Å²) in [5.41, 5.74) is 1.000. The Morgan fingerprint density at radius 1 is 1.40 bits per heavy atom. The summed E-state index contributed by atoms with van der Waals surface area (Å²) in [6.45, 7) is 2.07. The second-order valence-corrected chi connectivity index (χ2v) is 5.30. The molecule has 4 nitrogen and oxygen atoms in total. The number of carboxylic acids is 1. The van der Waals surface area contributed by atoms with E-state index in [1.807, 2.05) is 0 Å². The molecule has 0 saturated heterocycles. The lowest BCUT2D eigenvalue weighted by Gasteiger charge is -2.16. The molecule has 2 unspecified atom stereocenters. The molecule has 0 aromatic heterocycles. The van der Waals surface area contributed by atoms with Gasteiger partial charge in [0.05, 0.1) is 5.92 Å². The molecule has 0 bridgehead atoms. The van der Waals surface area contributed by atoms with E-state index in [1.54, 1.807) is 13.0 Å². The predicted octanol–water partition coefficient (Wildman–Crippen LogP) is 2.36.